The minimum Gasteiger partial charge on any atom is -0.208 e. The van der Waals surface area contributed by atoms with Gasteiger partial charge in [-0.25, -0.2) is 15.0 Å². The molecule has 1 aromatic heterocycles. The van der Waals surface area contributed by atoms with Crippen LogP contribution in [0.15, 0.2) is 261 Å². The maximum atomic E-state index is 5.33. The van der Waals surface area contributed by atoms with E-state index >= 15 is 0 Å². The first kappa shape index (κ1) is 39.1. The number of hydrogen-bond donors (Lipinski definition) is 0. The lowest BCUT2D eigenvalue weighted by molar-refractivity contribution is 0.415. The highest BCUT2D eigenvalue weighted by Crippen LogP contribution is 2.65. The van der Waals surface area contributed by atoms with Crippen molar-refractivity contribution in [3.63, 3.8) is 0 Å². The summed E-state index contributed by atoms with van der Waals surface area (Å²) < 4.78 is 0. The van der Waals surface area contributed by atoms with E-state index in [4.69, 9.17) is 15.0 Å². The van der Waals surface area contributed by atoms with Gasteiger partial charge in [-0.2, -0.15) is 0 Å². The summed E-state index contributed by atoms with van der Waals surface area (Å²) in [5.41, 5.74) is 13.3. The van der Waals surface area contributed by atoms with Gasteiger partial charge in [0.05, 0.1) is 10.8 Å². The molecule has 0 radical (unpaired) electrons. The molecule has 1 heterocycles. The first-order chi connectivity index (χ1) is 32.7. The molecule has 0 bridgehead atoms. The van der Waals surface area contributed by atoms with Gasteiger partial charge in [0.25, 0.3) is 0 Å². The molecule has 12 rings (SSSR count). The summed E-state index contributed by atoms with van der Waals surface area (Å²) in [6.07, 6.45) is 0. The van der Waals surface area contributed by atoms with Gasteiger partial charge in [0.2, 0.25) is 0 Å². The van der Waals surface area contributed by atoms with Crippen LogP contribution in [0.1, 0.15) is 33.4 Å². The van der Waals surface area contributed by atoms with E-state index in [1.807, 2.05) is 36.4 Å². The third kappa shape index (κ3) is 6.08. The van der Waals surface area contributed by atoms with Crippen LogP contribution in [0.4, 0.5) is 0 Å². The SMILES string of the molecule is c1ccc(-c2nc(-c3ccccc3)nc(-c3c(-c4ccc5c(c4)-c4ccccc4C(c4ccccc4)(c4ccccc4)C5(c4ccccc4)c4ccccc4)ccc4ccccc34)n2)cc1. The normalized spacial score (nSPS) is 13.4. The lowest BCUT2D eigenvalue weighted by atomic mass is 9.43. The summed E-state index contributed by atoms with van der Waals surface area (Å²) in [5.74, 6) is 1.89. The van der Waals surface area contributed by atoms with E-state index in [2.05, 4.69) is 224 Å². The van der Waals surface area contributed by atoms with Gasteiger partial charge in [0, 0.05) is 16.7 Å². The summed E-state index contributed by atoms with van der Waals surface area (Å²) in [4.78, 5) is 15.7. The minimum atomic E-state index is -0.740. The summed E-state index contributed by atoms with van der Waals surface area (Å²) in [7, 11) is 0. The van der Waals surface area contributed by atoms with Crippen molar-refractivity contribution >= 4 is 10.8 Å². The highest BCUT2D eigenvalue weighted by atomic mass is 15.0. The first-order valence-electron chi connectivity index (χ1n) is 22.6. The van der Waals surface area contributed by atoms with Crippen molar-refractivity contribution < 1.29 is 0 Å². The zero-order valence-corrected chi connectivity index (χ0v) is 36.2. The molecule has 11 aromatic rings. The van der Waals surface area contributed by atoms with E-state index in [1.54, 1.807) is 0 Å². The first-order valence-corrected chi connectivity index (χ1v) is 22.6. The van der Waals surface area contributed by atoms with Crippen LogP contribution >= 0.6 is 0 Å². The second-order valence-corrected chi connectivity index (χ2v) is 17.0. The van der Waals surface area contributed by atoms with Crippen LogP contribution in [0, 0.1) is 0 Å². The quantitative estimate of drug-likeness (QED) is 0.153. The number of hydrogen-bond acceptors (Lipinski definition) is 3. The Morgan fingerprint density at radius 1 is 0.258 bits per heavy atom. The lowest BCUT2D eigenvalue weighted by Crippen LogP contribution is -2.54. The van der Waals surface area contributed by atoms with Gasteiger partial charge < -0.3 is 0 Å². The van der Waals surface area contributed by atoms with Gasteiger partial charge in [-0.05, 0) is 72.5 Å². The molecule has 0 aliphatic heterocycles. The van der Waals surface area contributed by atoms with E-state index in [1.165, 1.54) is 44.5 Å². The molecule has 0 amide bonds. The monoisotopic (exact) mass is 841 g/mol. The Morgan fingerprint density at radius 3 is 1.18 bits per heavy atom. The summed E-state index contributed by atoms with van der Waals surface area (Å²) in [6, 6.07) is 94.4. The van der Waals surface area contributed by atoms with Crippen LogP contribution in [0.3, 0.4) is 0 Å². The fraction of sp³-hybridized carbons (Fsp3) is 0.0317. The molecule has 310 valence electrons. The molecule has 1 aliphatic carbocycles. The molecule has 3 nitrogen and oxygen atoms in total. The summed E-state index contributed by atoms with van der Waals surface area (Å²) >= 11 is 0. The Labute approximate surface area is 385 Å². The van der Waals surface area contributed by atoms with Crippen LogP contribution in [-0.4, -0.2) is 15.0 Å². The zero-order chi connectivity index (χ0) is 43.9. The largest absolute Gasteiger partial charge is 0.208 e. The molecule has 66 heavy (non-hydrogen) atoms. The third-order valence-corrected chi connectivity index (χ3v) is 13.6. The fourth-order valence-electron chi connectivity index (χ4n) is 11.0. The van der Waals surface area contributed by atoms with E-state index < -0.39 is 10.8 Å². The lowest BCUT2D eigenvalue weighted by Gasteiger charge is -2.57. The molecule has 1 aliphatic rings. The van der Waals surface area contributed by atoms with Gasteiger partial charge in [0.1, 0.15) is 0 Å². The molecule has 0 N–H and O–H groups in total. The topological polar surface area (TPSA) is 38.7 Å². The predicted molar refractivity (Wildman–Crippen MR) is 270 cm³/mol. The molecule has 0 spiro atoms. The zero-order valence-electron chi connectivity index (χ0n) is 36.2. The summed E-state index contributed by atoms with van der Waals surface area (Å²) in [5, 5.41) is 2.19. The van der Waals surface area contributed by atoms with E-state index in [0.29, 0.717) is 17.5 Å². The average molecular weight is 842 g/mol. The molecule has 0 atom stereocenters. The maximum Gasteiger partial charge on any atom is 0.165 e. The summed E-state index contributed by atoms with van der Waals surface area (Å²) in [6.45, 7) is 0. The molecule has 10 aromatic carbocycles. The fourth-order valence-corrected chi connectivity index (χ4v) is 11.0. The highest BCUT2D eigenvalue weighted by Gasteiger charge is 2.61. The van der Waals surface area contributed by atoms with Crippen molar-refractivity contribution in [1.29, 1.82) is 0 Å². The highest BCUT2D eigenvalue weighted by molar-refractivity contribution is 6.03. The van der Waals surface area contributed by atoms with Crippen LogP contribution in [0.25, 0.3) is 67.2 Å². The number of rotatable bonds is 8. The Balaban J connectivity index is 1.20. The molecule has 3 heteroatoms. The van der Waals surface area contributed by atoms with Gasteiger partial charge in [0.15, 0.2) is 17.5 Å². The Morgan fingerprint density at radius 2 is 0.667 bits per heavy atom. The van der Waals surface area contributed by atoms with E-state index in [9.17, 15) is 0 Å². The second-order valence-electron chi connectivity index (χ2n) is 17.0. The van der Waals surface area contributed by atoms with Gasteiger partial charge >= 0.3 is 0 Å². The van der Waals surface area contributed by atoms with Crippen molar-refractivity contribution in [2.75, 3.05) is 0 Å². The molecule has 0 saturated heterocycles. The van der Waals surface area contributed by atoms with Crippen molar-refractivity contribution in [1.82, 2.24) is 15.0 Å². The standard InChI is InChI=1S/C63H43N3/c1-7-24-45(25-8-1)59-64-60(46-26-9-2-10-27-46)66-61(65-59)58-52-36-20-19-23-44(52)39-41-53(58)47-40-42-57-55(43-47)54-37-21-22-38-56(54)62(48-28-11-3-12-29-48,49-30-13-4-14-31-49)63(57,50-32-15-5-16-33-50)51-34-17-6-18-35-51/h1-43H. The van der Waals surface area contributed by atoms with Crippen molar-refractivity contribution in [2.24, 2.45) is 0 Å². The Bertz CT molecular complexity index is 3370. The van der Waals surface area contributed by atoms with Crippen molar-refractivity contribution in [3.05, 3.63) is 294 Å². The maximum absolute atomic E-state index is 5.33. The molecule has 0 saturated carbocycles. The smallest absolute Gasteiger partial charge is 0.165 e. The number of fused-ring (bicyclic) bond motifs is 4. The van der Waals surface area contributed by atoms with E-state index in [0.717, 1.165) is 38.6 Å². The number of aromatic nitrogens is 3. The molecule has 0 fully saturated rings. The van der Waals surface area contributed by atoms with Crippen LogP contribution in [0.2, 0.25) is 0 Å². The van der Waals surface area contributed by atoms with Crippen LogP contribution < -0.4 is 0 Å². The van der Waals surface area contributed by atoms with Gasteiger partial charge in [-0.1, -0.05) is 255 Å². The van der Waals surface area contributed by atoms with Gasteiger partial charge in [-0.15, -0.1) is 0 Å². The predicted octanol–water partition coefficient (Wildman–Crippen LogP) is 15.0. The van der Waals surface area contributed by atoms with Crippen LogP contribution in [0.5, 0.6) is 0 Å². The molecule has 0 unspecified atom stereocenters. The Kier molecular flexibility index (Phi) is 9.61. The average Bonchev–Trinajstić information content (AvgIpc) is 3.41. The van der Waals surface area contributed by atoms with E-state index in [-0.39, 0.29) is 0 Å². The minimum absolute atomic E-state index is 0.628. The van der Waals surface area contributed by atoms with Gasteiger partial charge in [-0.3, -0.25) is 0 Å². The van der Waals surface area contributed by atoms with Crippen molar-refractivity contribution in [2.45, 2.75) is 10.8 Å². The number of benzene rings is 10. The number of nitrogens with zero attached hydrogens (tertiary/aromatic N) is 3. The molecular formula is C63H43N3. The second kappa shape index (κ2) is 16.2. The van der Waals surface area contributed by atoms with Crippen molar-refractivity contribution in [3.8, 4) is 56.4 Å². The Hall–Kier alpha value is -8.53. The third-order valence-electron chi connectivity index (χ3n) is 13.6. The molecular weight excluding hydrogens is 799 g/mol. The van der Waals surface area contributed by atoms with Crippen LogP contribution in [-0.2, 0) is 10.8 Å².